The third-order valence-electron chi connectivity index (χ3n) is 3.00. The molecule has 1 aromatic rings. The molecule has 0 unspecified atom stereocenters. The number of rotatable bonds is 5. The summed E-state index contributed by atoms with van der Waals surface area (Å²) in [4.78, 5) is 4.80. The Hall–Kier alpha value is -1.00. The lowest BCUT2D eigenvalue weighted by Gasteiger charge is -2.31. The van der Waals surface area contributed by atoms with Gasteiger partial charge >= 0.3 is 0 Å². The zero-order chi connectivity index (χ0) is 13.9. The molecule has 0 spiro atoms. The normalized spacial score (nSPS) is 18.8. The molecule has 0 amide bonds. The molecule has 1 saturated heterocycles. The lowest BCUT2D eigenvalue weighted by molar-refractivity contribution is 0.135. The predicted molar refractivity (Wildman–Crippen MR) is 68.7 cm³/mol. The Labute approximate surface area is 112 Å². The molecule has 1 fully saturated rings. The molecule has 0 atom stereocenters. The molecule has 1 aliphatic heterocycles. The van der Waals surface area contributed by atoms with Gasteiger partial charge in [0.05, 0.1) is 19.3 Å². The van der Waals surface area contributed by atoms with Gasteiger partial charge in [-0.2, -0.15) is 5.10 Å². The largest absolute Gasteiger partial charge is 0.394 e. The Morgan fingerprint density at radius 2 is 2.05 bits per heavy atom. The molecule has 9 heteroatoms. The van der Waals surface area contributed by atoms with Gasteiger partial charge in [0.25, 0.3) is 10.0 Å². The summed E-state index contributed by atoms with van der Waals surface area (Å²) in [6.07, 6.45) is 2.70. The Morgan fingerprint density at radius 3 is 2.68 bits per heavy atom. The maximum atomic E-state index is 12.1. The average molecular weight is 289 g/mol. The smallest absolute Gasteiger partial charge is 0.256 e. The second-order valence-corrected chi connectivity index (χ2v) is 6.21. The molecule has 0 aromatic carbocycles. The summed E-state index contributed by atoms with van der Waals surface area (Å²) < 4.78 is 25.6. The lowest BCUT2D eigenvalue weighted by atomic mass is 10.4. The highest BCUT2D eigenvalue weighted by Crippen LogP contribution is 2.08. The minimum atomic E-state index is -3.58. The molecule has 1 aliphatic rings. The topological polar surface area (TPSA) is 90.7 Å². The molecule has 2 N–H and O–H groups in total. The van der Waals surface area contributed by atoms with Crippen LogP contribution in [0.2, 0.25) is 0 Å². The zero-order valence-electron chi connectivity index (χ0n) is 10.9. The van der Waals surface area contributed by atoms with Crippen LogP contribution < -0.4 is 4.83 Å². The van der Waals surface area contributed by atoms with Crippen molar-refractivity contribution in [1.29, 1.82) is 0 Å². The first-order valence-corrected chi connectivity index (χ1v) is 7.59. The highest BCUT2D eigenvalue weighted by Gasteiger charge is 2.22. The van der Waals surface area contributed by atoms with Crippen molar-refractivity contribution in [3.05, 3.63) is 12.4 Å². The Kier molecular flexibility index (Phi) is 4.53. The van der Waals surface area contributed by atoms with Gasteiger partial charge in [0.1, 0.15) is 4.90 Å². The second-order valence-electron chi connectivity index (χ2n) is 4.55. The number of hydrogen-bond donors (Lipinski definition) is 2. The van der Waals surface area contributed by atoms with E-state index in [0.29, 0.717) is 13.1 Å². The van der Waals surface area contributed by atoms with E-state index >= 15 is 0 Å². The number of piperazine rings is 1. The van der Waals surface area contributed by atoms with Crippen molar-refractivity contribution in [3.8, 4) is 0 Å². The van der Waals surface area contributed by atoms with Crippen LogP contribution in [0, 0.1) is 0 Å². The summed E-state index contributed by atoms with van der Waals surface area (Å²) in [5.41, 5.74) is 0. The van der Waals surface area contributed by atoms with Crippen LogP contribution >= 0.6 is 0 Å². The van der Waals surface area contributed by atoms with Gasteiger partial charge in [-0.25, -0.2) is 13.4 Å². The molecule has 0 aliphatic carbocycles. The Balaban J connectivity index is 2.01. The van der Waals surface area contributed by atoms with Crippen LogP contribution in [0.15, 0.2) is 17.3 Å². The molecular weight excluding hydrogens is 270 g/mol. The summed E-state index contributed by atoms with van der Waals surface area (Å²) in [6, 6.07) is 0. The van der Waals surface area contributed by atoms with E-state index in [0.717, 1.165) is 13.1 Å². The highest BCUT2D eigenvalue weighted by atomic mass is 32.2. The van der Waals surface area contributed by atoms with Gasteiger partial charge < -0.3 is 10.0 Å². The van der Waals surface area contributed by atoms with Crippen molar-refractivity contribution in [2.45, 2.75) is 11.4 Å². The zero-order valence-corrected chi connectivity index (χ0v) is 11.7. The molecule has 8 nitrogen and oxygen atoms in total. The molecule has 1 aromatic heterocycles. The van der Waals surface area contributed by atoms with Crippen LogP contribution in [0.25, 0.3) is 0 Å². The Bertz CT molecular complexity index is 507. The second kappa shape index (κ2) is 5.97. The van der Waals surface area contributed by atoms with E-state index < -0.39 is 10.0 Å². The van der Waals surface area contributed by atoms with E-state index in [1.165, 1.54) is 17.1 Å². The number of sulfonamides is 1. The first-order valence-electron chi connectivity index (χ1n) is 6.10. The number of aliphatic hydroxyl groups excluding tert-OH is 1. The average Bonchev–Trinajstić information content (AvgIpc) is 2.82. The number of aromatic nitrogens is 2. The van der Waals surface area contributed by atoms with Crippen LogP contribution in [0.4, 0.5) is 0 Å². The van der Waals surface area contributed by atoms with Crippen LogP contribution in [0.3, 0.4) is 0 Å². The van der Waals surface area contributed by atoms with Crippen LogP contribution in [0.1, 0.15) is 0 Å². The summed E-state index contributed by atoms with van der Waals surface area (Å²) in [5.74, 6) is 0. The first-order chi connectivity index (χ1) is 9.01. The summed E-state index contributed by atoms with van der Waals surface area (Å²) in [7, 11) is -1.58. The van der Waals surface area contributed by atoms with E-state index in [2.05, 4.69) is 14.8 Å². The fraction of sp³-hybridized carbons (Fsp3) is 0.700. The molecule has 19 heavy (non-hydrogen) atoms. The van der Waals surface area contributed by atoms with Crippen LogP contribution in [0.5, 0.6) is 0 Å². The predicted octanol–water partition coefficient (Wildman–Crippen LogP) is -1.68. The van der Waals surface area contributed by atoms with E-state index in [9.17, 15) is 8.42 Å². The van der Waals surface area contributed by atoms with E-state index in [4.69, 9.17) is 5.11 Å². The first kappa shape index (κ1) is 14.4. The number of aliphatic hydroxyl groups is 1. The highest BCUT2D eigenvalue weighted by molar-refractivity contribution is 7.89. The molecule has 2 rings (SSSR count). The standard InChI is InChI=1S/C10H19N5O3S/c1-13-2-4-14(5-3-13)12-19(17,18)10-8-11-15(9-10)6-7-16/h8-9,12,16H,2-7H2,1H3. The number of hydrogen-bond acceptors (Lipinski definition) is 6. The third-order valence-corrected chi connectivity index (χ3v) is 4.33. The van der Waals surface area contributed by atoms with Gasteiger partial charge in [-0.1, -0.05) is 0 Å². The fourth-order valence-corrected chi connectivity index (χ4v) is 2.90. The molecule has 2 heterocycles. The molecule has 108 valence electrons. The third kappa shape index (κ3) is 3.74. The summed E-state index contributed by atoms with van der Waals surface area (Å²) in [6.45, 7) is 3.16. The van der Waals surface area contributed by atoms with Crippen molar-refractivity contribution in [2.75, 3.05) is 39.8 Å². The maximum Gasteiger partial charge on any atom is 0.256 e. The minimum Gasteiger partial charge on any atom is -0.394 e. The van der Waals surface area contributed by atoms with E-state index in [1.807, 2.05) is 7.05 Å². The number of likely N-dealkylation sites (N-methyl/N-ethyl adjacent to an activating group) is 1. The number of nitrogens with one attached hydrogen (secondary N) is 1. The molecule has 0 saturated carbocycles. The number of nitrogens with zero attached hydrogens (tertiary/aromatic N) is 4. The van der Waals surface area contributed by atoms with Crippen molar-refractivity contribution in [1.82, 2.24) is 24.5 Å². The number of hydrazine groups is 1. The fourth-order valence-electron chi connectivity index (χ4n) is 1.83. The molecular formula is C10H19N5O3S. The van der Waals surface area contributed by atoms with E-state index in [-0.39, 0.29) is 18.0 Å². The molecule has 0 radical (unpaired) electrons. The lowest BCUT2D eigenvalue weighted by Crippen LogP contribution is -2.52. The van der Waals surface area contributed by atoms with Gasteiger partial charge in [-0.15, -0.1) is 4.83 Å². The van der Waals surface area contributed by atoms with E-state index in [1.54, 1.807) is 5.01 Å². The van der Waals surface area contributed by atoms with Crippen molar-refractivity contribution >= 4 is 10.0 Å². The monoisotopic (exact) mass is 289 g/mol. The van der Waals surface area contributed by atoms with Crippen LogP contribution in [-0.4, -0.2) is 73.0 Å². The quantitative estimate of drug-likeness (QED) is 0.672. The van der Waals surface area contributed by atoms with Gasteiger partial charge in [0, 0.05) is 32.4 Å². The van der Waals surface area contributed by atoms with Gasteiger partial charge in [-0.05, 0) is 7.05 Å². The minimum absolute atomic E-state index is 0.0763. The van der Waals surface area contributed by atoms with Gasteiger partial charge in [0.15, 0.2) is 0 Å². The van der Waals surface area contributed by atoms with Crippen molar-refractivity contribution in [3.63, 3.8) is 0 Å². The summed E-state index contributed by atoms with van der Waals surface area (Å²) in [5, 5.41) is 14.4. The van der Waals surface area contributed by atoms with Crippen molar-refractivity contribution < 1.29 is 13.5 Å². The van der Waals surface area contributed by atoms with Crippen molar-refractivity contribution in [2.24, 2.45) is 0 Å². The SMILES string of the molecule is CN1CCN(NS(=O)(=O)c2cnn(CCO)c2)CC1. The maximum absolute atomic E-state index is 12.1. The van der Waals surface area contributed by atoms with Gasteiger partial charge in [-0.3, -0.25) is 4.68 Å². The summed E-state index contributed by atoms with van der Waals surface area (Å²) >= 11 is 0. The van der Waals surface area contributed by atoms with Crippen LogP contribution in [-0.2, 0) is 16.6 Å². The Morgan fingerprint density at radius 1 is 1.37 bits per heavy atom. The molecule has 0 bridgehead atoms. The van der Waals surface area contributed by atoms with Gasteiger partial charge in [0.2, 0.25) is 0 Å².